The molecule has 1 aromatic carbocycles. The molecular formula is C23H29F2NO6. The van der Waals surface area contributed by atoms with Gasteiger partial charge in [-0.05, 0) is 37.8 Å². The Labute approximate surface area is 186 Å². The number of carbonyl (C=O) groups is 3. The number of rotatable bonds is 9. The molecule has 176 valence electrons. The molecule has 32 heavy (non-hydrogen) atoms. The Kier molecular flexibility index (Phi) is 11.9. The maximum Gasteiger partial charge on any atom is 0.309 e. The average molecular weight is 453 g/mol. The van der Waals surface area contributed by atoms with Crippen LogP contribution in [0.3, 0.4) is 0 Å². The van der Waals surface area contributed by atoms with Crippen molar-refractivity contribution in [3.05, 3.63) is 60.7 Å². The quantitative estimate of drug-likeness (QED) is 0.202. The van der Waals surface area contributed by atoms with Crippen LogP contribution in [-0.2, 0) is 35.2 Å². The Hall–Kier alpha value is -3.07. The van der Waals surface area contributed by atoms with E-state index < -0.39 is 17.6 Å². The molecule has 2 N–H and O–H groups in total. The summed E-state index contributed by atoms with van der Waals surface area (Å²) in [5.41, 5.74) is 4.50. The zero-order valence-corrected chi connectivity index (χ0v) is 18.0. The molecule has 2 aliphatic carbocycles. The van der Waals surface area contributed by atoms with E-state index in [2.05, 4.69) is 23.6 Å². The van der Waals surface area contributed by atoms with Crippen molar-refractivity contribution in [3.63, 3.8) is 0 Å². The van der Waals surface area contributed by atoms with Crippen LogP contribution in [0, 0.1) is 35.3 Å². The summed E-state index contributed by atoms with van der Waals surface area (Å²) in [5, 5.41) is 0. The molecule has 0 radical (unpaired) electrons. The van der Waals surface area contributed by atoms with E-state index >= 15 is 0 Å². The van der Waals surface area contributed by atoms with Gasteiger partial charge in [0.2, 0.25) is 0 Å². The monoisotopic (exact) mass is 453 g/mol. The van der Waals surface area contributed by atoms with E-state index in [1.165, 1.54) is 31.3 Å². The number of nitrogens with two attached hydrogens (primary N) is 1. The summed E-state index contributed by atoms with van der Waals surface area (Å²) < 4.78 is 41.1. The van der Waals surface area contributed by atoms with Crippen molar-refractivity contribution in [1.82, 2.24) is 0 Å². The lowest BCUT2D eigenvalue weighted by Crippen LogP contribution is -2.21. The average Bonchev–Trinajstić information content (AvgIpc) is 3.37. The van der Waals surface area contributed by atoms with Crippen molar-refractivity contribution >= 4 is 18.4 Å². The standard InChI is InChI=1S/C18H18F2O4.C4H6O2.CH5N/c1-2-8-23-18(22)15-11-6-7-12(14(11)15)17(21)24-9-10-4-3-5-13(19)16(10)20;1-2-3-6-4-5;1-2/h2-5,11-12,14-15H,1,6-9H2;2,4H,1,3H2;2H2,1H3. The largest absolute Gasteiger partial charge is 0.464 e. The van der Waals surface area contributed by atoms with Crippen LogP contribution < -0.4 is 5.73 Å². The molecule has 0 spiro atoms. The highest BCUT2D eigenvalue weighted by atomic mass is 19.2. The molecule has 2 fully saturated rings. The summed E-state index contributed by atoms with van der Waals surface area (Å²) in [6, 6.07) is 3.74. The van der Waals surface area contributed by atoms with Gasteiger partial charge < -0.3 is 19.9 Å². The number of fused-ring (bicyclic) bond motifs is 1. The first-order chi connectivity index (χ1) is 15.5. The van der Waals surface area contributed by atoms with Crippen LogP contribution in [-0.4, -0.2) is 38.7 Å². The van der Waals surface area contributed by atoms with Gasteiger partial charge in [-0.25, -0.2) is 8.78 Å². The summed E-state index contributed by atoms with van der Waals surface area (Å²) in [7, 11) is 1.50. The molecule has 7 nitrogen and oxygen atoms in total. The number of halogens is 2. The summed E-state index contributed by atoms with van der Waals surface area (Å²) in [5.74, 6) is -3.31. The summed E-state index contributed by atoms with van der Waals surface area (Å²) in [6.45, 7) is 7.34. The second-order valence-electron chi connectivity index (χ2n) is 6.91. The zero-order valence-electron chi connectivity index (χ0n) is 18.0. The van der Waals surface area contributed by atoms with Gasteiger partial charge >= 0.3 is 11.9 Å². The molecule has 3 rings (SSSR count). The number of hydrogen-bond donors (Lipinski definition) is 1. The normalized spacial score (nSPS) is 21.9. The first-order valence-electron chi connectivity index (χ1n) is 10.1. The molecule has 4 atom stereocenters. The molecule has 0 amide bonds. The number of benzene rings is 1. The second kappa shape index (κ2) is 14.1. The van der Waals surface area contributed by atoms with Gasteiger partial charge in [0.05, 0.1) is 11.8 Å². The Morgan fingerprint density at radius 3 is 2.38 bits per heavy atom. The third-order valence-electron chi connectivity index (χ3n) is 5.11. The molecular weight excluding hydrogens is 424 g/mol. The fourth-order valence-corrected chi connectivity index (χ4v) is 3.75. The van der Waals surface area contributed by atoms with Gasteiger partial charge in [0.25, 0.3) is 6.47 Å². The maximum atomic E-state index is 13.6. The first kappa shape index (κ1) is 27.0. The van der Waals surface area contributed by atoms with E-state index in [4.69, 9.17) is 9.47 Å². The molecule has 4 unspecified atom stereocenters. The van der Waals surface area contributed by atoms with E-state index in [-0.39, 0.29) is 48.4 Å². The Balaban J connectivity index is 0.000000556. The van der Waals surface area contributed by atoms with E-state index in [1.807, 2.05) is 0 Å². The highest BCUT2D eigenvalue weighted by molar-refractivity contribution is 5.81. The fraction of sp³-hybridized carbons (Fsp3) is 0.435. The SMILES string of the molecule is C=CCOC(=O)C1C2CCC(C(=O)OCc3cccc(F)c3F)C21.C=CCOC=O.CN. The van der Waals surface area contributed by atoms with E-state index in [0.717, 1.165) is 12.5 Å². The van der Waals surface area contributed by atoms with Crippen LogP contribution in [0.5, 0.6) is 0 Å². The van der Waals surface area contributed by atoms with Crippen molar-refractivity contribution in [2.45, 2.75) is 19.4 Å². The van der Waals surface area contributed by atoms with Crippen molar-refractivity contribution in [1.29, 1.82) is 0 Å². The second-order valence-corrected chi connectivity index (χ2v) is 6.91. The van der Waals surface area contributed by atoms with Crippen LogP contribution in [0.1, 0.15) is 18.4 Å². The predicted molar refractivity (Wildman–Crippen MR) is 113 cm³/mol. The third-order valence-corrected chi connectivity index (χ3v) is 5.11. The van der Waals surface area contributed by atoms with Crippen molar-refractivity contribution in [2.24, 2.45) is 29.4 Å². The smallest absolute Gasteiger partial charge is 0.309 e. The van der Waals surface area contributed by atoms with Crippen LogP contribution >= 0.6 is 0 Å². The van der Waals surface area contributed by atoms with Gasteiger partial charge in [-0.1, -0.05) is 37.4 Å². The van der Waals surface area contributed by atoms with E-state index in [9.17, 15) is 23.2 Å². The number of carbonyl (C=O) groups excluding carboxylic acids is 3. The lowest BCUT2D eigenvalue weighted by molar-refractivity contribution is -0.151. The molecule has 2 aliphatic rings. The van der Waals surface area contributed by atoms with Crippen LogP contribution in [0.15, 0.2) is 43.5 Å². The van der Waals surface area contributed by atoms with Gasteiger partial charge in [0.15, 0.2) is 11.6 Å². The predicted octanol–water partition coefficient (Wildman–Crippen LogP) is 2.93. The molecule has 0 bridgehead atoms. The number of ether oxygens (including phenoxy) is 3. The zero-order chi connectivity index (χ0) is 24.1. The van der Waals surface area contributed by atoms with Crippen LogP contribution in [0.4, 0.5) is 8.78 Å². The summed E-state index contributed by atoms with van der Waals surface area (Å²) >= 11 is 0. The van der Waals surface area contributed by atoms with Gasteiger partial charge in [-0.15, -0.1) is 0 Å². The Bertz CT molecular complexity index is 793. The fourth-order valence-electron chi connectivity index (χ4n) is 3.75. The van der Waals surface area contributed by atoms with Gasteiger partial charge in [-0.2, -0.15) is 0 Å². The van der Waals surface area contributed by atoms with Crippen molar-refractivity contribution in [2.75, 3.05) is 20.3 Å². The lowest BCUT2D eigenvalue weighted by atomic mass is 10.00. The van der Waals surface area contributed by atoms with Crippen LogP contribution in [0.2, 0.25) is 0 Å². The molecule has 0 aromatic heterocycles. The summed E-state index contributed by atoms with van der Waals surface area (Å²) in [6.07, 6.45) is 4.42. The summed E-state index contributed by atoms with van der Waals surface area (Å²) in [4.78, 5) is 33.4. The lowest BCUT2D eigenvalue weighted by Gasteiger charge is -2.14. The first-order valence-corrected chi connectivity index (χ1v) is 10.1. The third kappa shape index (κ3) is 7.26. The molecule has 0 aliphatic heterocycles. The van der Waals surface area contributed by atoms with E-state index in [0.29, 0.717) is 19.5 Å². The van der Waals surface area contributed by atoms with Crippen molar-refractivity contribution in [3.8, 4) is 0 Å². The minimum absolute atomic E-state index is 0.00404. The number of hydrogen-bond acceptors (Lipinski definition) is 7. The maximum absolute atomic E-state index is 13.6. The highest BCUT2D eigenvalue weighted by Gasteiger charge is 2.64. The Morgan fingerprint density at radius 1 is 1.09 bits per heavy atom. The topological polar surface area (TPSA) is 105 Å². The van der Waals surface area contributed by atoms with Gasteiger partial charge in [-0.3, -0.25) is 14.4 Å². The minimum atomic E-state index is -1.01. The van der Waals surface area contributed by atoms with E-state index in [1.54, 1.807) is 0 Å². The molecule has 9 heteroatoms. The molecule has 0 heterocycles. The van der Waals surface area contributed by atoms with Gasteiger partial charge in [0, 0.05) is 5.56 Å². The molecule has 2 saturated carbocycles. The highest BCUT2D eigenvalue weighted by Crippen LogP contribution is 2.61. The van der Waals surface area contributed by atoms with Crippen LogP contribution in [0.25, 0.3) is 0 Å². The van der Waals surface area contributed by atoms with Crippen molar-refractivity contribution < 1.29 is 37.4 Å². The number of esters is 2. The van der Waals surface area contributed by atoms with Gasteiger partial charge in [0.1, 0.15) is 19.8 Å². The minimum Gasteiger partial charge on any atom is -0.464 e. The Morgan fingerprint density at radius 2 is 1.78 bits per heavy atom. The molecule has 0 saturated heterocycles. The molecule has 1 aromatic rings.